The zero-order chi connectivity index (χ0) is 19.1. The van der Waals surface area contributed by atoms with E-state index in [1.807, 2.05) is 55.5 Å². The molecule has 0 aliphatic rings. The molecule has 0 spiro atoms. The fourth-order valence-corrected chi connectivity index (χ4v) is 3.03. The van der Waals surface area contributed by atoms with Gasteiger partial charge in [0.2, 0.25) is 0 Å². The summed E-state index contributed by atoms with van der Waals surface area (Å²) in [5, 5.41) is 8.07. The average molecular weight is 381 g/mol. The minimum absolute atomic E-state index is 0.180. The van der Waals surface area contributed by atoms with Crippen molar-refractivity contribution in [3.8, 4) is 0 Å². The van der Waals surface area contributed by atoms with E-state index in [9.17, 15) is 9.59 Å². The lowest BCUT2D eigenvalue weighted by Crippen LogP contribution is -2.21. The molecule has 27 heavy (non-hydrogen) atoms. The third kappa shape index (κ3) is 5.65. The van der Waals surface area contributed by atoms with Crippen LogP contribution in [0, 0.1) is 6.92 Å². The highest BCUT2D eigenvalue weighted by Gasteiger charge is 2.14. The monoisotopic (exact) mass is 381 g/mol. The molecule has 7 heteroatoms. The Morgan fingerprint density at radius 2 is 1.93 bits per heavy atom. The van der Waals surface area contributed by atoms with Crippen LogP contribution in [-0.2, 0) is 16.1 Å². The summed E-state index contributed by atoms with van der Waals surface area (Å²) in [7, 11) is 0. The van der Waals surface area contributed by atoms with Crippen molar-refractivity contribution in [3.63, 3.8) is 0 Å². The van der Waals surface area contributed by atoms with Crippen molar-refractivity contribution in [1.82, 2.24) is 4.98 Å². The lowest BCUT2D eigenvalue weighted by atomic mass is 10.2. The largest absolute Gasteiger partial charge is 0.451 e. The maximum absolute atomic E-state index is 12.1. The molecule has 138 valence electrons. The van der Waals surface area contributed by atoms with Crippen LogP contribution in [0.5, 0.6) is 0 Å². The van der Waals surface area contributed by atoms with Gasteiger partial charge in [-0.1, -0.05) is 42.5 Å². The highest BCUT2D eigenvalue weighted by molar-refractivity contribution is 7.13. The molecular formula is C20H19N3O3S. The molecular weight excluding hydrogens is 362 g/mol. The van der Waals surface area contributed by atoms with Crippen molar-refractivity contribution in [2.75, 3.05) is 17.2 Å². The van der Waals surface area contributed by atoms with Gasteiger partial charge in [0.1, 0.15) is 0 Å². The zero-order valence-corrected chi connectivity index (χ0v) is 15.6. The first-order valence-electron chi connectivity index (χ1n) is 8.37. The molecule has 2 aromatic carbocycles. The Kier molecular flexibility index (Phi) is 6.17. The number of anilines is 2. The topological polar surface area (TPSA) is 80.3 Å². The van der Waals surface area contributed by atoms with Gasteiger partial charge in [-0.3, -0.25) is 4.79 Å². The van der Waals surface area contributed by atoms with Gasteiger partial charge in [0.15, 0.2) is 17.4 Å². The van der Waals surface area contributed by atoms with Crippen molar-refractivity contribution in [1.29, 1.82) is 0 Å². The lowest BCUT2D eigenvalue weighted by molar-refractivity contribution is -0.119. The van der Waals surface area contributed by atoms with Crippen LogP contribution in [0.25, 0.3) is 0 Å². The van der Waals surface area contributed by atoms with Crippen molar-refractivity contribution >= 4 is 34.0 Å². The van der Waals surface area contributed by atoms with E-state index in [2.05, 4.69) is 15.6 Å². The molecule has 0 radical (unpaired) electrons. The third-order valence-corrected chi connectivity index (χ3v) is 4.44. The summed E-state index contributed by atoms with van der Waals surface area (Å²) in [4.78, 5) is 28.2. The molecule has 0 saturated carbocycles. The van der Waals surface area contributed by atoms with Crippen LogP contribution in [0.15, 0.2) is 60.0 Å². The van der Waals surface area contributed by atoms with Gasteiger partial charge in [-0.25, -0.2) is 9.78 Å². The van der Waals surface area contributed by atoms with E-state index in [0.717, 1.165) is 11.1 Å². The smallest absolute Gasteiger partial charge is 0.358 e. The number of nitrogens with one attached hydrogen (secondary N) is 2. The normalized spacial score (nSPS) is 10.3. The Bertz CT molecular complexity index is 925. The minimum atomic E-state index is -0.626. The number of esters is 1. The van der Waals surface area contributed by atoms with Gasteiger partial charge in [-0.2, -0.15) is 0 Å². The summed E-state index contributed by atoms with van der Waals surface area (Å²) < 4.78 is 5.03. The van der Waals surface area contributed by atoms with Gasteiger partial charge in [0.05, 0.1) is 0 Å². The molecule has 1 aromatic heterocycles. The summed E-state index contributed by atoms with van der Waals surface area (Å²) in [6.45, 7) is 2.18. The Labute approximate surface area is 161 Å². The fraction of sp³-hybridized carbons (Fsp3) is 0.150. The molecule has 0 aliphatic carbocycles. The van der Waals surface area contributed by atoms with Crippen molar-refractivity contribution in [2.45, 2.75) is 13.5 Å². The van der Waals surface area contributed by atoms with E-state index in [4.69, 9.17) is 4.74 Å². The van der Waals surface area contributed by atoms with Crippen LogP contribution >= 0.6 is 11.3 Å². The average Bonchev–Trinajstić information content (AvgIpc) is 3.14. The molecule has 0 bridgehead atoms. The number of thiazole rings is 1. The number of carbonyl (C=O) groups is 2. The van der Waals surface area contributed by atoms with Crippen LogP contribution in [0.3, 0.4) is 0 Å². The molecule has 0 saturated heterocycles. The second-order valence-electron chi connectivity index (χ2n) is 5.87. The van der Waals surface area contributed by atoms with Crippen molar-refractivity contribution in [3.05, 3.63) is 76.8 Å². The Hall–Kier alpha value is -3.19. The second kappa shape index (κ2) is 8.95. The van der Waals surface area contributed by atoms with E-state index in [0.29, 0.717) is 17.4 Å². The summed E-state index contributed by atoms with van der Waals surface area (Å²) in [5.41, 5.74) is 2.99. The number of carbonyl (C=O) groups excluding carboxylic acids is 2. The SMILES string of the molecule is Cc1cccc(NC(=O)COC(=O)c2csc(NCc3ccccc3)n2)c1. The predicted molar refractivity (Wildman–Crippen MR) is 106 cm³/mol. The number of hydrogen-bond donors (Lipinski definition) is 2. The van der Waals surface area contributed by atoms with Gasteiger partial charge >= 0.3 is 5.97 Å². The number of rotatable bonds is 7. The van der Waals surface area contributed by atoms with Gasteiger partial charge in [0.25, 0.3) is 5.91 Å². The molecule has 0 atom stereocenters. The number of benzene rings is 2. The molecule has 0 unspecified atom stereocenters. The maximum atomic E-state index is 12.1. The molecule has 0 aliphatic heterocycles. The predicted octanol–water partition coefficient (Wildman–Crippen LogP) is 3.86. The van der Waals surface area contributed by atoms with Gasteiger partial charge < -0.3 is 15.4 Å². The van der Waals surface area contributed by atoms with Crippen molar-refractivity contribution in [2.24, 2.45) is 0 Å². The zero-order valence-electron chi connectivity index (χ0n) is 14.8. The summed E-state index contributed by atoms with van der Waals surface area (Å²) in [5.74, 6) is -1.02. The number of amides is 1. The Morgan fingerprint density at radius 1 is 1.11 bits per heavy atom. The highest BCUT2D eigenvalue weighted by Crippen LogP contribution is 2.17. The Balaban J connectivity index is 1.47. The highest BCUT2D eigenvalue weighted by atomic mass is 32.1. The second-order valence-corrected chi connectivity index (χ2v) is 6.73. The van der Waals surface area contributed by atoms with Gasteiger partial charge in [-0.05, 0) is 30.2 Å². The van der Waals surface area contributed by atoms with Crippen molar-refractivity contribution < 1.29 is 14.3 Å². The van der Waals surface area contributed by atoms with Gasteiger partial charge in [-0.15, -0.1) is 11.3 Å². The molecule has 6 nitrogen and oxygen atoms in total. The van der Waals surface area contributed by atoms with Crippen LogP contribution in [-0.4, -0.2) is 23.5 Å². The van der Waals surface area contributed by atoms with Crippen LogP contribution in [0.4, 0.5) is 10.8 Å². The fourth-order valence-electron chi connectivity index (χ4n) is 2.35. The number of aryl methyl sites for hydroxylation is 1. The first kappa shape index (κ1) is 18.6. The molecule has 1 amide bonds. The quantitative estimate of drug-likeness (QED) is 0.608. The number of hydrogen-bond acceptors (Lipinski definition) is 6. The lowest BCUT2D eigenvalue weighted by Gasteiger charge is -2.06. The van der Waals surface area contributed by atoms with E-state index in [-0.39, 0.29) is 12.3 Å². The number of nitrogens with zero attached hydrogens (tertiary/aromatic N) is 1. The standard InChI is InChI=1S/C20H19N3O3S/c1-14-6-5-9-16(10-14)22-18(24)12-26-19(25)17-13-27-20(23-17)21-11-15-7-3-2-4-8-15/h2-10,13H,11-12H2,1H3,(H,21,23)(H,22,24). The summed E-state index contributed by atoms with van der Waals surface area (Å²) in [6, 6.07) is 17.3. The first-order chi connectivity index (χ1) is 13.1. The molecule has 1 heterocycles. The number of aromatic nitrogens is 1. The van der Waals surface area contributed by atoms with E-state index in [1.54, 1.807) is 11.4 Å². The van der Waals surface area contributed by atoms with Crippen LogP contribution < -0.4 is 10.6 Å². The van der Waals surface area contributed by atoms with E-state index in [1.165, 1.54) is 11.3 Å². The molecule has 3 aromatic rings. The summed E-state index contributed by atoms with van der Waals surface area (Å²) in [6.07, 6.45) is 0. The van der Waals surface area contributed by atoms with Gasteiger partial charge in [0, 0.05) is 17.6 Å². The molecule has 2 N–H and O–H groups in total. The third-order valence-electron chi connectivity index (χ3n) is 3.64. The van der Waals surface area contributed by atoms with E-state index >= 15 is 0 Å². The minimum Gasteiger partial charge on any atom is -0.451 e. The maximum Gasteiger partial charge on any atom is 0.358 e. The first-order valence-corrected chi connectivity index (χ1v) is 9.25. The summed E-state index contributed by atoms with van der Waals surface area (Å²) >= 11 is 1.31. The molecule has 0 fully saturated rings. The van der Waals surface area contributed by atoms with Crippen LogP contribution in [0.1, 0.15) is 21.6 Å². The number of ether oxygens (including phenoxy) is 1. The van der Waals surface area contributed by atoms with E-state index < -0.39 is 11.9 Å². The molecule has 3 rings (SSSR count). The Morgan fingerprint density at radius 3 is 2.70 bits per heavy atom. The van der Waals surface area contributed by atoms with Crippen LogP contribution in [0.2, 0.25) is 0 Å².